The number of nitrogens with one attached hydrogen (secondary N) is 2. The Labute approximate surface area is 148 Å². The lowest BCUT2D eigenvalue weighted by atomic mass is 9.69. The summed E-state index contributed by atoms with van der Waals surface area (Å²) in [6.07, 6.45) is 6.10. The minimum atomic E-state index is -0.188. The van der Waals surface area contributed by atoms with Gasteiger partial charge in [-0.15, -0.1) is 0 Å². The van der Waals surface area contributed by atoms with Crippen molar-refractivity contribution in [3.05, 3.63) is 35.6 Å². The number of thioether (sulfide) groups is 1. The molecule has 0 spiro atoms. The zero-order valence-corrected chi connectivity index (χ0v) is 15.0. The molecule has 1 atom stereocenters. The zero-order chi connectivity index (χ0) is 16.8. The predicted octanol–water partition coefficient (Wildman–Crippen LogP) is 3.24. The maximum Gasteiger partial charge on any atom is 0.221 e. The van der Waals surface area contributed by atoms with Crippen LogP contribution in [0.3, 0.4) is 0 Å². The lowest BCUT2D eigenvalue weighted by Crippen LogP contribution is -2.45. The van der Waals surface area contributed by atoms with Gasteiger partial charge in [0.2, 0.25) is 5.91 Å². The van der Waals surface area contributed by atoms with Gasteiger partial charge < -0.3 is 10.6 Å². The largest absolute Gasteiger partial charge is 0.355 e. The van der Waals surface area contributed by atoms with Gasteiger partial charge in [0.05, 0.1) is 0 Å². The molecule has 132 valence electrons. The highest BCUT2D eigenvalue weighted by atomic mass is 32.2. The summed E-state index contributed by atoms with van der Waals surface area (Å²) in [5, 5.41) is 6.55. The Kier molecular flexibility index (Phi) is 6.17. The van der Waals surface area contributed by atoms with Crippen LogP contribution >= 0.6 is 11.8 Å². The van der Waals surface area contributed by atoms with E-state index in [2.05, 4.69) is 10.6 Å². The molecule has 1 saturated carbocycles. The fourth-order valence-corrected chi connectivity index (χ4v) is 4.88. The molecule has 3 nitrogen and oxygen atoms in total. The molecule has 1 amide bonds. The maximum atomic E-state index is 13.7. The fourth-order valence-electron chi connectivity index (χ4n) is 3.93. The van der Waals surface area contributed by atoms with Crippen LogP contribution in [0.1, 0.15) is 44.1 Å². The number of hydrogen-bond acceptors (Lipinski definition) is 3. The molecule has 3 rings (SSSR count). The van der Waals surface area contributed by atoms with E-state index in [1.807, 2.05) is 17.8 Å². The Bertz CT molecular complexity index is 554. The molecule has 2 aliphatic rings. The van der Waals surface area contributed by atoms with Gasteiger partial charge in [0.15, 0.2) is 0 Å². The van der Waals surface area contributed by atoms with Gasteiger partial charge in [-0.25, -0.2) is 4.39 Å². The molecule has 1 saturated heterocycles. The summed E-state index contributed by atoms with van der Waals surface area (Å²) < 4.78 is 13.7. The zero-order valence-electron chi connectivity index (χ0n) is 14.2. The first-order valence-corrected chi connectivity index (χ1v) is 10.2. The van der Waals surface area contributed by atoms with Crippen LogP contribution in [0, 0.1) is 5.82 Å². The van der Waals surface area contributed by atoms with E-state index < -0.39 is 0 Å². The van der Waals surface area contributed by atoms with E-state index in [-0.39, 0.29) is 23.2 Å². The van der Waals surface area contributed by atoms with Crippen molar-refractivity contribution >= 4 is 17.7 Å². The minimum Gasteiger partial charge on any atom is -0.355 e. The van der Waals surface area contributed by atoms with Gasteiger partial charge in [-0.05, 0) is 30.5 Å². The monoisotopic (exact) mass is 350 g/mol. The van der Waals surface area contributed by atoms with Gasteiger partial charge in [0.25, 0.3) is 0 Å². The summed E-state index contributed by atoms with van der Waals surface area (Å²) in [7, 11) is 0. The highest BCUT2D eigenvalue weighted by molar-refractivity contribution is 7.99. The van der Waals surface area contributed by atoms with Crippen molar-refractivity contribution in [1.29, 1.82) is 0 Å². The first-order valence-electron chi connectivity index (χ1n) is 9.02. The quantitative estimate of drug-likeness (QED) is 0.857. The van der Waals surface area contributed by atoms with Crippen molar-refractivity contribution in [2.45, 2.75) is 50.0 Å². The molecule has 2 N–H and O–H groups in total. The van der Waals surface area contributed by atoms with Gasteiger partial charge in [-0.3, -0.25) is 4.79 Å². The average Bonchev–Trinajstić information content (AvgIpc) is 2.62. The van der Waals surface area contributed by atoms with E-state index in [9.17, 15) is 9.18 Å². The van der Waals surface area contributed by atoms with E-state index in [1.54, 1.807) is 12.1 Å². The van der Waals surface area contributed by atoms with Gasteiger partial charge in [0, 0.05) is 42.5 Å². The summed E-state index contributed by atoms with van der Waals surface area (Å²) in [5.74, 6) is 2.05. The van der Waals surface area contributed by atoms with E-state index >= 15 is 0 Å². The van der Waals surface area contributed by atoms with Crippen LogP contribution in [0.5, 0.6) is 0 Å². The number of carbonyl (C=O) groups excluding carboxylic acids is 1. The highest BCUT2D eigenvalue weighted by Crippen LogP contribution is 2.39. The molecule has 1 aromatic carbocycles. The Morgan fingerprint density at radius 3 is 2.88 bits per heavy atom. The summed E-state index contributed by atoms with van der Waals surface area (Å²) >= 11 is 1.90. The lowest BCUT2D eigenvalue weighted by molar-refractivity contribution is -0.121. The Morgan fingerprint density at radius 2 is 2.17 bits per heavy atom. The number of carbonyl (C=O) groups is 1. The smallest absolute Gasteiger partial charge is 0.221 e. The summed E-state index contributed by atoms with van der Waals surface area (Å²) in [4.78, 5) is 12.4. The molecule has 24 heavy (non-hydrogen) atoms. The Hall–Kier alpha value is -1.07. The predicted molar refractivity (Wildman–Crippen MR) is 97.9 cm³/mol. The normalized spacial score (nSPS) is 23.6. The van der Waals surface area contributed by atoms with Crippen molar-refractivity contribution in [3.63, 3.8) is 0 Å². The third-order valence-corrected chi connectivity index (χ3v) is 6.43. The lowest BCUT2D eigenvalue weighted by Gasteiger charge is -2.38. The summed E-state index contributed by atoms with van der Waals surface area (Å²) in [6.45, 7) is 1.60. The van der Waals surface area contributed by atoms with E-state index in [0.717, 1.165) is 49.3 Å². The third kappa shape index (κ3) is 4.51. The van der Waals surface area contributed by atoms with Gasteiger partial charge in [-0.2, -0.15) is 11.8 Å². The third-order valence-electron chi connectivity index (χ3n) is 5.30. The van der Waals surface area contributed by atoms with Gasteiger partial charge in [0.1, 0.15) is 5.82 Å². The highest BCUT2D eigenvalue weighted by Gasteiger charge is 2.34. The standard InChI is InChI=1S/C19H27FN2OS/c20-16-6-4-5-15(11-16)19(7-2-1-3-8-19)14-22-18(23)12-17-13-24-10-9-21-17/h4-6,11,17,21H,1-3,7-10,12-14H2,(H,22,23). The molecule has 1 aromatic rings. The number of amides is 1. The summed E-state index contributed by atoms with van der Waals surface area (Å²) in [6, 6.07) is 7.22. The van der Waals surface area contributed by atoms with Gasteiger partial charge >= 0.3 is 0 Å². The van der Waals surface area contributed by atoms with Gasteiger partial charge in [-0.1, -0.05) is 31.4 Å². The van der Waals surface area contributed by atoms with Crippen LogP contribution in [-0.2, 0) is 10.2 Å². The van der Waals surface area contributed by atoms with Crippen molar-refractivity contribution in [2.24, 2.45) is 0 Å². The molecule has 5 heteroatoms. The van der Waals surface area contributed by atoms with E-state index in [0.29, 0.717) is 13.0 Å². The van der Waals surface area contributed by atoms with Crippen molar-refractivity contribution < 1.29 is 9.18 Å². The van der Waals surface area contributed by atoms with Crippen LogP contribution < -0.4 is 10.6 Å². The van der Waals surface area contributed by atoms with E-state index in [4.69, 9.17) is 0 Å². The van der Waals surface area contributed by atoms with E-state index in [1.165, 1.54) is 12.5 Å². The molecule has 0 aromatic heterocycles. The maximum absolute atomic E-state index is 13.7. The SMILES string of the molecule is O=C(CC1CSCCN1)NCC1(c2cccc(F)c2)CCCCC1. The molecule has 1 aliphatic heterocycles. The first-order chi connectivity index (χ1) is 11.7. The van der Waals surface area contributed by atoms with Crippen LogP contribution in [0.4, 0.5) is 4.39 Å². The second-order valence-corrected chi connectivity index (χ2v) is 8.21. The topological polar surface area (TPSA) is 41.1 Å². The Balaban J connectivity index is 1.63. The molecular weight excluding hydrogens is 323 g/mol. The van der Waals surface area contributed by atoms with Crippen molar-refractivity contribution in [3.8, 4) is 0 Å². The fraction of sp³-hybridized carbons (Fsp3) is 0.632. The molecule has 1 unspecified atom stereocenters. The van der Waals surface area contributed by atoms with Crippen molar-refractivity contribution in [2.75, 3.05) is 24.6 Å². The minimum absolute atomic E-state index is 0.106. The molecule has 2 fully saturated rings. The molecule has 0 radical (unpaired) electrons. The summed E-state index contributed by atoms with van der Waals surface area (Å²) in [5.41, 5.74) is 0.930. The van der Waals surface area contributed by atoms with Crippen LogP contribution in [0.2, 0.25) is 0 Å². The number of halogens is 1. The first kappa shape index (κ1) is 17.7. The van der Waals surface area contributed by atoms with Crippen LogP contribution in [0.25, 0.3) is 0 Å². The van der Waals surface area contributed by atoms with Crippen LogP contribution in [-0.4, -0.2) is 36.5 Å². The molecule has 1 heterocycles. The molecule has 1 aliphatic carbocycles. The molecule has 0 bridgehead atoms. The van der Waals surface area contributed by atoms with Crippen LogP contribution in [0.15, 0.2) is 24.3 Å². The second-order valence-electron chi connectivity index (χ2n) is 7.06. The number of rotatable bonds is 5. The average molecular weight is 351 g/mol. The molecular formula is C19H27FN2OS. The second kappa shape index (κ2) is 8.34. The Morgan fingerprint density at radius 1 is 1.33 bits per heavy atom. The number of benzene rings is 1. The van der Waals surface area contributed by atoms with Crippen molar-refractivity contribution in [1.82, 2.24) is 10.6 Å². The number of hydrogen-bond donors (Lipinski definition) is 2.